The van der Waals surface area contributed by atoms with Crippen LogP contribution >= 0.6 is 11.8 Å². The first-order valence-corrected chi connectivity index (χ1v) is 3.78. The Labute approximate surface area is 59.5 Å². The Morgan fingerprint density at radius 3 is 2.56 bits per heavy atom. The van der Waals surface area contributed by atoms with E-state index in [1.165, 1.54) is 11.8 Å². The van der Waals surface area contributed by atoms with Gasteiger partial charge in [-0.3, -0.25) is 0 Å². The summed E-state index contributed by atoms with van der Waals surface area (Å²) in [6.07, 6.45) is 0.342. The van der Waals surface area contributed by atoms with Crippen LogP contribution < -0.4 is 0 Å². The third-order valence-corrected chi connectivity index (χ3v) is 1.80. The summed E-state index contributed by atoms with van der Waals surface area (Å²) in [7, 11) is 0. The predicted octanol–water partition coefficient (Wildman–Crippen LogP) is 1.55. The zero-order valence-corrected chi connectivity index (χ0v) is 6.11. The monoisotopic (exact) mass is 140 g/mol. The van der Waals surface area contributed by atoms with Gasteiger partial charge in [0.05, 0.1) is 18.6 Å². The van der Waals surface area contributed by atoms with Crippen molar-refractivity contribution in [3.05, 3.63) is 0 Å². The number of nitrogens with zero attached hydrogens (tertiary/aromatic N) is 2. The Morgan fingerprint density at radius 1 is 1.56 bits per heavy atom. The largest absolute Gasteiger partial charge is 0.198 e. The van der Waals surface area contributed by atoms with Gasteiger partial charge in [-0.2, -0.15) is 10.5 Å². The third kappa shape index (κ3) is 3.88. The molecule has 0 N–H and O–H groups in total. The minimum atomic E-state index is -0.125. The molecule has 9 heavy (non-hydrogen) atoms. The fourth-order valence-corrected chi connectivity index (χ4v) is 1.10. The van der Waals surface area contributed by atoms with Gasteiger partial charge in [0.1, 0.15) is 5.25 Å². The summed E-state index contributed by atoms with van der Waals surface area (Å²) in [5.41, 5.74) is 0. The highest BCUT2D eigenvalue weighted by atomic mass is 32.2. The van der Waals surface area contributed by atoms with Crippen LogP contribution in [-0.4, -0.2) is 11.0 Å². The van der Waals surface area contributed by atoms with Crippen molar-refractivity contribution in [3.8, 4) is 12.1 Å². The molecular weight excluding hydrogens is 132 g/mol. The highest BCUT2D eigenvalue weighted by molar-refractivity contribution is 8.00. The first-order chi connectivity index (χ1) is 4.35. The van der Waals surface area contributed by atoms with Crippen molar-refractivity contribution in [2.45, 2.75) is 18.6 Å². The maximum Gasteiger partial charge on any atom is 0.105 e. The first kappa shape index (κ1) is 8.33. The number of hydrogen-bond donors (Lipinski definition) is 0. The summed E-state index contributed by atoms with van der Waals surface area (Å²) in [6, 6.07) is 4.00. The molecule has 3 heteroatoms. The van der Waals surface area contributed by atoms with E-state index in [4.69, 9.17) is 10.5 Å². The smallest absolute Gasteiger partial charge is 0.105 e. The highest BCUT2D eigenvalue weighted by Gasteiger charge is 2.03. The number of hydrogen-bond acceptors (Lipinski definition) is 3. The highest BCUT2D eigenvalue weighted by Crippen LogP contribution is 2.11. The van der Waals surface area contributed by atoms with Gasteiger partial charge in [0.25, 0.3) is 0 Å². The molecule has 0 aromatic heterocycles. The maximum atomic E-state index is 8.37. The van der Waals surface area contributed by atoms with Gasteiger partial charge in [-0.25, -0.2) is 0 Å². The van der Waals surface area contributed by atoms with Crippen LogP contribution in [0.4, 0.5) is 0 Å². The molecule has 0 saturated heterocycles. The molecule has 0 saturated carbocycles. The molecule has 0 rings (SSSR count). The summed E-state index contributed by atoms with van der Waals surface area (Å²) in [4.78, 5) is 0. The van der Waals surface area contributed by atoms with Crippen molar-refractivity contribution in [2.24, 2.45) is 0 Å². The van der Waals surface area contributed by atoms with Gasteiger partial charge in [-0.1, -0.05) is 6.92 Å². The zero-order valence-electron chi connectivity index (χ0n) is 5.29. The van der Waals surface area contributed by atoms with Gasteiger partial charge < -0.3 is 0 Å². The average molecular weight is 140 g/mol. The van der Waals surface area contributed by atoms with Gasteiger partial charge in [-0.15, -0.1) is 11.8 Å². The van der Waals surface area contributed by atoms with E-state index in [-0.39, 0.29) is 5.25 Å². The van der Waals surface area contributed by atoms with Crippen molar-refractivity contribution < 1.29 is 0 Å². The summed E-state index contributed by atoms with van der Waals surface area (Å²) in [5, 5.41) is 16.4. The molecule has 0 heterocycles. The van der Waals surface area contributed by atoms with Gasteiger partial charge in [0.15, 0.2) is 0 Å². The molecule has 0 radical (unpaired) electrons. The van der Waals surface area contributed by atoms with Crippen LogP contribution in [0.25, 0.3) is 0 Å². The Balaban J connectivity index is 3.48. The predicted molar refractivity (Wildman–Crippen MR) is 37.8 cm³/mol. The molecule has 0 aliphatic carbocycles. The van der Waals surface area contributed by atoms with Crippen molar-refractivity contribution >= 4 is 11.8 Å². The van der Waals surface area contributed by atoms with Crippen LogP contribution in [0.1, 0.15) is 13.3 Å². The summed E-state index contributed by atoms with van der Waals surface area (Å²) >= 11 is 1.52. The molecule has 1 atom stereocenters. The standard InChI is InChI=1S/C6H8N2S/c1-2-9-6(5-8)3-4-7/h6H,2-3H2,1H3. The Morgan fingerprint density at radius 2 is 2.22 bits per heavy atom. The van der Waals surface area contributed by atoms with Crippen LogP contribution in [0, 0.1) is 22.7 Å². The van der Waals surface area contributed by atoms with E-state index in [0.29, 0.717) is 6.42 Å². The minimum absolute atomic E-state index is 0.125. The number of thioether (sulfide) groups is 1. The fourth-order valence-electron chi connectivity index (χ4n) is 0.426. The van der Waals surface area contributed by atoms with E-state index < -0.39 is 0 Å². The summed E-state index contributed by atoms with van der Waals surface area (Å²) in [5.74, 6) is 0.903. The first-order valence-electron chi connectivity index (χ1n) is 2.73. The van der Waals surface area contributed by atoms with Crippen molar-refractivity contribution in [3.63, 3.8) is 0 Å². The van der Waals surface area contributed by atoms with Crippen molar-refractivity contribution in [1.29, 1.82) is 10.5 Å². The lowest BCUT2D eigenvalue weighted by molar-refractivity contribution is 1.09. The molecule has 0 spiro atoms. The molecule has 0 aromatic carbocycles. The molecule has 0 fully saturated rings. The fraction of sp³-hybridized carbons (Fsp3) is 0.667. The van der Waals surface area contributed by atoms with Crippen LogP contribution in [0.15, 0.2) is 0 Å². The zero-order chi connectivity index (χ0) is 7.11. The van der Waals surface area contributed by atoms with Gasteiger partial charge >= 0.3 is 0 Å². The van der Waals surface area contributed by atoms with E-state index >= 15 is 0 Å². The second-order valence-electron chi connectivity index (χ2n) is 1.44. The van der Waals surface area contributed by atoms with Crippen molar-refractivity contribution in [1.82, 2.24) is 0 Å². The molecule has 2 nitrogen and oxygen atoms in total. The molecular formula is C6H8N2S. The molecule has 48 valence electrons. The maximum absolute atomic E-state index is 8.37. The second kappa shape index (κ2) is 5.47. The lowest BCUT2D eigenvalue weighted by Gasteiger charge is -1.97. The quantitative estimate of drug-likeness (QED) is 0.597. The lowest BCUT2D eigenvalue weighted by Crippen LogP contribution is -1.96. The molecule has 0 aromatic rings. The molecule has 0 aliphatic heterocycles. The Kier molecular flexibility index (Phi) is 5.06. The van der Waals surface area contributed by atoms with Gasteiger partial charge in [-0.05, 0) is 5.75 Å². The minimum Gasteiger partial charge on any atom is -0.198 e. The number of rotatable bonds is 3. The Hall–Kier alpha value is -0.670. The van der Waals surface area contributed by atoms with E-state index in [0.717, 1.165) is 5.75 Å². The SMILES string of the molecule is CCSC(C#N)CC#N. The normalized spacial score (nSPS) is 11.4. The van der Waals surface area contributed by atoms with E-state index in [9.17, 15) is 0 Å². The average Bonchev–Trinajstić information content (AvgIpc) is 1.88. The lowest BCUT2D eigenvalue weighted by atomic mass is 10.4. The van der Waals surface area contributed by atoms with Gasteiger partial charge in [0.2, 0.25) is 0 Å². The third-order valence-electron chi connectivity index (χ3n) is 0.789. The Bertz CT molecular complexity index is 142. The van der Waals surface area contributed by atoms with E-state index in [1.807, 2.05) is 19.1 Å². The molecule has 0 bridgehead atoms. The summed E-state index contributed by atoms with van der Waals surface area (Å²) in [6.45, 7) is 1.98. The molecule has 0 aliphatic rings. The van der Waals surface area contributed by atoms with Crippen LogP contribution in [0.5, 0.6) is 0 Å². The van der Waals surface area contributed by atoms with Crippen LogP contribution in [-0.2, 0) is 0 Å². The molecule has 1 unspecified atom stereocenters. The van der Waals surface area contributed by atoms with Crippen molar-refractivity contribution in [2.75, 3.05) is 5.75 Å². The topological polar surface area (TPSA) is 47.6 Å². The van der Waals surface area contributed by atoms with E-state index in [2.05, 4.69) is 0 Å². The summed E-state index contributed by atoms with van der Waals surface area (Å²) < 4.78 is 0. The van der Waals surface area contributed by atoms with Crippen LogP contribution in [0.3, 0.4) is 0 Å². The second-order valence-corrected chi connectivity index (χ2v) is 2.92. The van der Waals surface area contributed by atoms with Crippen LogP contribution in [0.2, 0.25) is 0 Å². The molecule has 0 amide bonds. The van der Waals surface area contributed by atoms with Gasteiger partial charge in [0, 0.05) is 0 Å². The number of nitriles is 2. The van der Waals surface area contributed by atoms with E-state index in [1.54, 1.807) is 0 Å².